The molecule has 0 aliphatic heterocycles. The van der Waals surface area contributed by atoms with Crippen LogP contribution in [0, 0.1) is 12.7 Å². The quantitative estimate of drug-likeness (QED) is 0.852. The van der Waals surface area contributed by atoms with E-state index in [1.54, 1.807) is 6.07 Å². The number of rotatable bonds is 2. The summed E-state index contributed by atoms with van der Waals surface area (Å²) in [5.74, 6) is -0.275. The van der Waals surface area contributed by atoms with E-state index in [-0.39, 0.29) is 11.2 Å². The van der Waals surface area contributed by atoms with E-state index in [1.165, 1.54) is 12.1 Å². The predicted molar refractivity (Wildman–Crippen MR) is 80.3 cm³/mol. The van der Waals surface area contributed by atoms with Crippen LogP contribution in [0.4, 0.5) is 4.39 Å². The van der Waals surface area contributed by atoms with Gasteiger partial charge in [-0.05, 0) is 46.7 Å². The highest BCUT2D eigenvalue weighted by Crippen LogP contribution is 2.33. The maximum atomic E-state index is 13.2. The van der Waals surface area contributed by atoms with Gasteiger partial charge in [0, 0.05) is 0 Å². The Labute approximate surface area is 120 Å². The summed E-state index contributed by atoms with van der Waals surface area (Å²) in [5, 5.41) is 10.7. The summed E-state index contributed by atoms with van der Waals surface area (Å²) in [5.41, 5.74) is 3.46. The number of benzene rings is 2. The molecule has 0 aliphatic carbocycles. The van der Waals surface area contributed by atoms with Crippen LogP contribution in [0.25, 0.3) is 0 Å². The Morgan fingerprint density at radius 2 is 1.65 bits per heavy atom. The van der Waals surface area contributed by atoms with Crippen LogP contribution < -0.4 is 0 Å². The zero-order valence-electron chi connectivity index (χ0n) is 12.4. The van der Waals surface area contributed by atoms with Crippen molar-refractivity contribution in [3.8, 4) is 0 Å². The normalized spacial score (nSPS) is 13.3. The van der Waals surface area contributed by atoms with Gasteiger partial charge in [0.15, 0.2) is 0 Å². The molecule has 0 spiro atoms. The van der Waals surface area contributed by atoms with Gasteiger partial charge in [0.1, 0.15) is 11.9 Å². The molecule has 0 saturated heterocycles. The Morgan fingerprint density at radius 1 is 1.00 bits per heavy atom. The molecule has 0 aromatic heterocycles. The fourth-order valence-corrected chi connectivity index (χ4v) is 2.53. The summed E-state index contributed by atoms with van der Waals surface area (Å²) in [6.07, 6.45) is -0.731. The summed E-state index contributed by atoms with van der Waals surface area (Å²) in [4.78, 5) is 0. The SMILES string of the molecule is Cc1cc(F)ccc1C(O)c1ccccc1C(C)(C)C. The van der Waals surface area contributed by atoms with Crippen molar-refractivity contribution < 1.29 is 9.50 Å². The van der Waals surface area contributed by atoms with Gasteiger partial charge < -0.3 is 5.11 Å². The van der Waals surface area contributed by atoms with Crippen LogP contribution in [-0.4, -0.2) is 5.11 Å². The summed E-state index contributed by atoms with van der Waals surface area (Å²) in [6, 6.07) is 12.4. The minimum Gasteiger partial charge on any atom is -0.384 e. The molecule has 0 saturated carbocycles. The fourth-order valence-electron chi connectivity index (χ4n) is 2.53. The first-order valence-electron chi connectivity index (χ1n) is 6.84. The Kier molecular flexibility index (Phi) is 3.96. The molecule has 0 radical (unpaired) electrons. The number of hydrogen-bond donors (Lipinski definition) is 1. The molecule has 0 aliphatic rings. The van der Waals surface area contributed by atoms with Crippen molar-refractivity contribution in [2.75, 3.05) is 0 Å². The molecule has 1 unspecified atom stereocenters. The maximum absolute atomic E-state index is 13.2. The van der Waals surface area contributed by atoms with Gasteiger partial charge in [0.05, 0.1) is 0 Å². The van der Waals surface area contributed by atoms with Crippen LogP contribution in [0.15, 0.2) is 42.5 Å². The first-order chi connectivity index (χ1) is 9.30. The van der Waals surface area contributed by atoms with Crippen molar-refractivity contribution in [3.63, 3.8) is 0 Å². The van der Waals surface area contributed by atoms with Crippen molar-refractivity contribution in [2.24, 2.45) is 0 Å². The van der Waals surface area contributed by atoms with Crippen LogP contribution in [0.5, 0.6) is 0 Å². The smallest absolute Gasteiger partial charge is 0.123 e. The van der Waals surface area contributed by atoms with Gasteiger partial charge in [-0.2, -0.15) is 0 Å². The molecule has 106 valence electrons. The van der Waals surface area contributed by atoms with E-state index in [1.807, 2.05) is 31.2 Å². The van der Waals surface area contributed by atoms with E-state index >= 15 is 0 Å². The fraction of sp³-hybridized carbons (Fsp3) is 0.333. The van der Waals surface area contributed by atoms with Gasteiger partial charge in [-0.1, -0.05) is 51.1 Å². The number of hydrogen-bond acceptors (Lipinski definition) is 1. The van der Waals surface area contributed by atoms with Crippen LogP contribution >= 0.6 is 0 Å². The van der Waals surface area contributed by atoms with Crippen LogP contribution in [0.2, 0.25) is 0 Å². The van der Waals surface area contributed by atoms with E-state index in [4.69, 9.17) is 0 Å². The highest BCUT2D eigenvalue weighted by Gasteiger charge is 2.23. The second-order valence-corrected chi connectivity index (χ2v) is 6.24. The first-order valence-corrected chi connectivity index (χ1v) is 6.84. The molecular formula is C18H21FO. The summed E-state index contributed by atoms with van der Waals surface area (Å²) >= 11 is 0. The first kappa shape index (κ1) is 14.7. The second kappa shape index (κ2) is 5.37. The van der Waals surface area contributed by atoms with Crippen molar-refractivity contribution >= 4 is 0 Å². The molecule has 0 fully saturated rings. The minimum atomic E-state index is -0.731. The third-order valence-electron chi connectivity index (χ3n) is 3.59. The summed E-state index contributed by atoms with van der Waals surface area (Å²) in [6.45, 7) is 8.18. The molecule has 0 bridgehead atoms. The van der Waals surface area contributed by atoms with Gasteiger partial charge in [0.2, 0.25) is 0 Å². The molecule has 2 aromatic rings. The zero-order valence-corrected chi connectivity index (χ0v) is 12.4. The third kappa shape index (κ3) is 2.91. The molecule has 0 heterocycles. The highest BCUT2D eigenvalue weighted by atomic mass is 19.1. The second-order valence-electron chi connectivity index (χ2n) is 6.24. The summed E-state index contributed by atoms with van der Waals surface area (Å²) < 4.78 is 13.2. The Morgan fingerprint density at radius 3 is 2.25 bits per heavy atom. The lowest BCUT2D eigenvalue weighted by atomic mass is 9.81. The predicted octanol–water partition coefficient (Wildman–Crippen LogP) is 4.51. The van der Waals surface area contributed by atoms with Crippen LogP contribution in [0.1, 0.15) is 49.1 Å². The Hall–Kier alpha value is -1.67. The van der Waals surface area contributed by atoms with E-state index in [0.29, 0.717) is 0 Å². The topological polar surface area (TPSA) is 20.2 Å². The van der Waals surface area contributed by atoms with Crippen molar-refractivity contribution in [3.05, 3.63) is 70.5 Å². The van der Waals surface area contributed by atoms with Crippen molar-refractivity contribution in [2.45, 2.75) is 39.2 Å². The summed E-state index contributed by atoms with van der Waals surface area (Å²) in [7, 11) is 0. The average molecular weight is 272 g/mol. The average Bonchev–Trinajstić information content (AvgIpc) is 2.37. The van der Waals surface area contributed by atoms with E-state index in [0.717, 1.165) is 22.3 Å². The lowest BCUT2D eigenvalue weighted by Gasteiger charge is -2.26. The lowest BCUT2D eigenvalue weighted by molar-refractivity contribution is 0.216. The van der Waals surface area contributed by atoms with Gasteiger partial charge in [0.25, 0.3) is 0 Å². The minimum absolute atomic E-state index is 0.0501. The molecule has 1 N–H and O–H groups in total. The molecule has 2 aromatic carbocycles. The van der Waals surface area contributed by atoms with Crippen LogP contribution in [-0.2, 0) is 5.41 Å². The Balaban J connectivity index is 2.51. The molecule has 20 heavy (non-hydrogen) atoms. The molecule has 1 nitrogen and oxygen atoms in total. The van der Waals surface area contributed by atoms with E-state index in [2.05, 4.69) is 20.8 Å². The lowest BCUT2D eigenvalue weighted by Crippen LogP contribution is -2.16. The maximum Gasteiger partial charge on any atom is 0.123 e. The highest BCUT2D eigenvalue weighted by molar-refractivity contribution is 5.41. The number of aliphatic hydroxyl groups is 1. The van der Waals surface area contributed by atoms with Crippen molar-refractivity contribution in [1.29, 1.82) is 0 Å². The van der Waals surface area contributed by atoms with Crippen LogP contribution in [0.3, 0.4) is 0 Å². The monoisotopic (exact) mass is 272 g/mol. The Bertz CT molecular complexity index is 611. The standard InChI is InChI=1S/C18H21FO/c1-12-11-13(19)9-10-14(12)17(20)15-7-5-6-8-16(15)18(2,3)4/h5-11,17,20H,1-4H3. The van der Waals surface area contributed by atoms with E-state index in [9.17, 15) is 9.50 Å². The van der Waals surface area contributed by atoms with Crippen molar-refractivity contribution in [1.82, 2.24) is 0 Å². The van der Waals surface area contributed by atoms with Gasteiger partial charge in [-0.3, -0.25) is 0 Å². The number of aliphatic hydroxyl groups excluding tert-OH is 1. The largest absolute Gasteiger partial charge is 0.384 e. The zero-order chi connectivity index (χ0) is 14.9. The molecule has 2 heteroatoms. The van der Waals surface area contributed by atoms with E-state index < -0.39 is 6.10 Å². The molecular weight excluding hydrogens is 251 g/mol. The molecule has 1 atom stereocenters. The van der Waals surface area contributed by atoms with Gasteiger partial charge in [-0.15, -0.1) is 0 Å². The molecule has 2 rings (SSSR count). The van der Waals surface area contributed by atoms with Gasteiger partial charge in [-0.25, -0.2) is 4.39 Å². The van der Waals surface area contributed by atoms with Gasteiger partial charge >= 0.3 is 0 Å². The molecule has 0 amide bonds. The number of halogens is 1. The number of aryl methyl sites for hydroxylation is 1. The third-order valence-corrected chi connectivity index (χ3v) is 3.59.